The SMILES string of the molecule is Cc1ccc(NC(=O)c2ccncc2Cl)cc1I. The van der Waals surface area contributed by atoms with Crippen LogP contribution in [0.5, 0.6) is 0 Å². The van der Waals surface area contributed by atoms with Crippen molar-refractivity contribution in [3.05, 3.63) is 56.4 Å². The van der Waals surface area contributed by atoms with Gasteiger partial charge in [-0.15, -0.1) is 0 Å². The number of nitrogens with one attached hydrogen (secondary N) is 1. The van der Waals surface area contributed by atoms with E-state index in [0.29, 0.717) is 10.6 Å². The molecule has 0 atom stereocenters. The topological polar surface area (TPSA) is 42.0 Å². The lowest BCUT2D eigenvalue weighted by Gasteiger charge is -2.07. The van der Waals surface area contributed by atoms with E-state index >= 15 is 0 Å². The van der Waals surface area contributed by atoms with Crippen molar-refractivity contribution < 1.29 is 4.79 Å². The van der Waals surface area contributed by atoms with E-state index in [-0.39, 0.29) is 5.91 Å². The molecule has 0 aliphatic carbocycles. The van der Waals surface area contributed by atoms with Crippen molar-refractivity contribution in [1.82, 2.24) is 4.98 Å². The quantitative estimate of drug-likeness (QED) is 0.813. The fourth-order valence-electron chi connectivity index (χ4n) is 1.43. The van der Waals surface area contributed by atoms with Crippen molar-refractivity contribution >= 4 is 45.8 Å². The number of carbonyl (C=O) groups is 1. The van der Waals surface area contributed by atoms with Crippen LogP contribution in [0.1, 0.15) is 15.9 Å². The summed E-state index contributed by atoms with van der Waals surface area (Å²) in [4.78, 5) is 15.9. The van der Waals surface area contributed by atoms with Crippen molar-refractivity contribution in [3.63, 3.8) is 0 Å². The van der Waals surface area contributed by atoms with E-state index in [1.165, 1.54) is 11.8 Å². The smallest absolute Gasteiger partial charge is 0.257 e. The summed E-state index contributed by atoms with van der Waals surface area (Å²) in [6.45, 7) is 2.02. The predicted octanol–water partition coefficient (Wildman–Crippen LogP) is 3.90. The maximum Gasteiger partial charge on any atom is 0.257 e. The van der Waals surface area contributed by atoms with Crippen LogP contribution in [0.4, 0.5) is 5.69 Å². The molecule has 0 spiro atoms. The van der Waals surface area contributed by atoms with Gasteiger partial charge in [0.1, 0.15) is 0 Å². The predicted molar refractivity (Wildman–Crippen MR) is 81.1 cm³/mol. The molecule has 2 rings (SSSR count). The van der Waals surface area contributed by atoms with E-state index in [9.17, 15) is 4.79 Å². The van der Waals surface area contributed by atoms with Gasteiger partial charge in [-0.05, 0) is 53.3 Å². The Morgan fingerprint density at radius 3 is 2.83 bits per heavy atom. The van der Waals surface area contributed by atoms with Crippen molar-refractivity contribution in [2.75, 3.05) is 5.32 Å². The molecule has 0 saturated heterocycles. The number of aryl methyl sites for hydroxylation is 1. The van der Waals surface area contributed by atoms with E-state index in [1.807, 2.05) is 25.1 Å². The number of carbonyl (C=O) groups excluding carboxylic acids is 1. The lowest BCUT2D eigenvalue weighted by molar-refractivity contribution is 0.102. The summed E-state index contributed by atoms with van der Waals surface area (Å²) < 4.78 is 1.10. The second-order valence-electron chi connectivity index (χ2n) is 3.77. The minimum Gasteiger partial charge on any atom is -0.322 e. The highest BCUT2D eigenvalue weighted by molar-refractivity contribution is 14.1. The molecule has 0 bridgehead atoms. The molecule has 1 amide bonds. The first kappa shape index (κ1) is 13.3. The average Bonchev–Trinajstić information content (AvgIpc) is 2.34. The van der Waals surface area contributed by atoms with Crippen LogP contribution in [0, 0.1) is 10.5 Å². The molecule has 0 aliphatic rings. The van der Waals surface area contributed by atoms with Crippen LogP contribution >= 0.6 is 34.2 Å². The Morgan fingerprint density at radius 1 is 1.39 bits per heavy atom. The number of hydrogen-bond donors (Lipinski definition) is 1. The first-order chi connectivity index (χ1) is 8.58. The van der Waals surface area contributed by atoms with Gasteiger partial charge >= 0.3 is 0 Å². The van der Waals surface area contributed by atoms with E-state index in [2.05, 4.69) is 32.9 Å². The Bertz CT molecular complexity index is 601. The minimum atomic E-state index is -0.234. The first-order valence-electron chi connectivity index (χ1n) is 5.25. The zero-order valence-electron chi connectivity index (χ0n) is 9.58. The van der Waals surface area contributed by atoms with Gasteiger partial charge in [0, 0.05) is 21.7 Å². The van der Waals surface area contributed by atoms with Gasteiger partial charge in [-0.25, -0.2) is 0 Å². The van der Waals surface area contributed by atoms with Crippen LogP contribution in [0.2, 0.25) is 5.02 Å². The van der Waals surface area contributed by atoms with Crippen molar-refractivity contribution in [3.8, 4) is 0 Å². The van der Waals surface area contributed by atoms with Gasteiger partial charge in [-0.2, -0.15) is 0 Å². The number of nitrogens with zero attached hydrogens (tertiary/aromatic N) is 1. The highest BCUT2D eigenvalue weighted by atomic mass is 127. The van der Waals surface area contributed by atoms with Gasteiger partial charge in [0.05, 0.1) is 10.6 Å². The molecule has 1 aromatic carbocycles. The second-order valence-corrected chi connectivity index (χ2v) is 5.34. The number of pyridine rings is 1. The van der Waals surface area contributed by atoms with E-state index in [0.717, 1.165) is 9.26 Å². The number of halogens is 2. The lowest BCUT2D eigenvalue weighted by Crippen LogP contribution is -2.12. The van der Waals surface area contributed by atoms with E-state index in [1.54, 1.807) is 12.3 Å². The molecule has 5 heteroatoms. The Hall–Kier alpha value is -1.14. The van der Waals surface area contributed by atoms with Gasteiger partial charge in [0.2, 0.25) is 0 Å². The monoisotopic (exact) mass is 372 g/mol. The summed E-state index contributed by atoms with van der Waals surface area (Å²) in [7, 11) is 0. The highest BCUT2D eigenvalue weighted by Gasteiger charge is 2.10. The molecule has 0 radical (unpaired) electrons. The maximum absolute atomic E-state index is 12.0. The zero-order chi connectivity index (χ0) is 13.1. The maximum atomic E-state index is 12.0. The average molecular weight is 373 g/mol. The molecule has 1 aromatic heterocycles. The number of amides is 1. The molecule has 18 heavy (non-hydrogen) atoms. The largest absolute Gasteiger partial charge is 0.322 e. The van der Waals surface area contributed by atoms with E-state index in [4.69, 9.17) is 11.6 Å². The summed E-state index contributed by atoms with van der Waals surface area (Å²) in [5.41, 5.74) is 2.35. The Morgan fingerprint density at radius 2 is 2.17 bits per heavy atom. The molecular weight excluding hydrogens is 363 g/mol. The normalized spacial score (nSPS) is 10.2. The molecular formula is C13H10ClIN2O. The van der Waals surface area contributed by atoms with E-state index < -0.39 is 0 Å². The molecule has 1 N–H and O–H groups in total. The second kappa shape index (κ2) is 5.67. The van der Waals surface area contributed by atoms with Crippen LogP contribution in [0.3, 0.4) is 0 Å². The Kier molecular flexibility index (Phi) is 4.19. The number of aromatic nitrogens is 1. The third kappa shape index (κ3) is 3.00. The van der Waals surface area contributed by atoms with Crippen LogP contribution in [0.25, 0.3) is 0 Å². The van der Waals surface area contributed by atoms with Gasteiger partial charge < -0.3 is 5.32 Å². The summed E-state index contributed by atoms with van der Waals surface area (Å²) >= 11 is 8.15. The summed E-state index contributed by atoms with van der Waals surface area (Å²) in [5.74, 6) is -0.234. The molecule has 0 unspecified atom stereocenters. The Balaban J connectivity index is 2.22. The molecule has 0 saturated carbocycles. The van der Waals surface area contributed by atoms with Crippen molar-refractivity contribution in [2.45, 2.75) is 6.92 Å². The lowest BCUT2D eigenvalue weighted by atomic mass is 10.2. The fraction of sp³-hybridized carbons (Fsp3) is 0.0769. The van der Waals surface area contributed by atoms with Crippen LogP contribution in [0.15, 0.2) is 36.7 Å². The summed E-state index contributed by atoms with van der Waals surface area (Å²) in [6.07, 6.45) is 3.00. The van der Waals surface area contributed by atoms with Crippen LogP contribution in [-0.4, -0.2) is 10.9 Å². The molecule has 0 fully saturated rings. The van der Waals surface area contributed by atoms with Gasteiger partial charge in [0.25, 0.3) is 5.91 Å². The number of anilines is 1. The molecule has 3 nitrogen and oxygen atoms in total. The van der Waals surface area contributed by atoms with Gasteiger partial charge in [0.15, 0.2) is 0 Å². The minimum absolute atomic E-state index is 0.234. The third-order valence-corrected chi connectivity index (χ3v) is 3.91. The Labute approximate surface area is 124 Å². The third-order valence-electron chi connectivity index (χ3n) is 2.45. The van der Waals surface area contributed by atoms with Crippen LogP contribution in [-0.2, 0) is 0 Å². The van der Waals surface area contributed by atoms with Gasteiger partial charge in [-0.3, -0.25) is 9.78 Å². The number of benzene rings is 1. The molecule has 0 aliphatic heterocycles. The number of rotatable bonds is 2. The first-order valence-corrected chi connectivity index (χ1v) is 6.70. The zero-order valence-corrected chi connectivity index (χ0v) is 12.5. The van der Waals surface area contributed by atoms with Crippen LogP contribution < -0.4 is 5.32 Å². The standard InChI is InChI=1S/C13H10ClIN2O/c1-8-2-3-9(6-12(8)15)17-13(18)10-4-5-16-7-11(10)14/h2-7H,1H3,(H,17,18). The van der Waals surface area contributed by atoms with Crippen molar-refractivity contribution in [1.29, 1.82) is 0 Å². The highest BCUT2D eigenvalue weighted by Crippen LogP contribution is 2.19. The molecule has 1 heterocycles. The summed E-state index contributed by atoms with van der Waals surface area (Å²) in [6, 6.07) is 7.34. The van der Waals surface area contributed by atoms with Crippen molar-refractivity contribution in [2.24, 2.45) is 0 Å². The number of hydrogen-bond acceptors (Lipinski definition) is 2. The fourth-order valence-corrected chi connectivity index (χ4v) is 2.15. The summed E-state index contributed by atoms with van der Waals surface area (Å²) in [5, 5.41) is 3.16. The molecule has 2 aromatic rings. The van der Waals surface area contributed by atoms with Gasteiger partial charge in [-0.1, -0.05) is 17.7 Å². The molecule has 92 valence electrons.